The van der Waals surface area contributed by atoms with Crippen LogP contribution in [-0.2, 0) is 0 Å². The summed E-state index contributed by atoms with van der Waals surface area (Å²) >= 11 is 5.71. The lowest BCUT2D eigenvalue weighted by atomic mass is 10.0. The fourth-order valence-electron chi connectivity index (χ4n) is 1.63. The largest absolute Gasteiger partial charge is 0.368 e. The minimum Gasteiger partial charge on any atom is -0.368 e. The molecule has 1 N–H and O–H groups in total. The van der Waals surface area contributed by atoms with E-state index in [0.717, 1.165) is 31.4 Å². The van der Waals surface area contributed by atoms with Gasteiger partial charge in [-0.3, -0.25) is 4.98 Å². The van der Waals surface area contributed by atoms with Gasteiger partial charge in [-0.1, -0.05) is 11.6 Å². The first-order valence-corrected chi connectivity index (χ1v) is 5.02. The van der Waals surface area contributed by atoms with E-state index in [1.165, 1.54) is 6.20 Å². The van der Waals surface area contributed by atoms with Crippen molar-refractivity contribution in [2.24, 2.45) is 5.92 Å². The molecule has 1 aliphatic heterocycles. The molecule has 4 nitrogen and oxygen atoms in total. The van der Waals surface area contributed by atoms with E-state index in [2.05, 4.69) is 27.2 Å². The molecule has 0 unspecified atom stereocenters. The first kappa shape index (κ1) is 9.68. The van der Waals surface area contributed by atoms with E-state index in [0.29, 0.717) is 5.15 Å². The zero-order chi connectivity index (χ0) is 9.97. The van der Waals surface area contributed by atoms with Crippen molar-refractivity contribution >= 4 is 17.4 Å². The van der Waals surface area contributed by atoms with Gasteiger partial charge in [0.15, 0.2) is 0 Å². The van der Waals surface area contributed by atoms with Crippen LogP contribution in [0, 0.1) is 5.92 Å². The van der Waals surface area contributed by atoms with E-state index in [1.54, 1.807) is 6.20 Å². The lowest BCUT2D eigenvalue weighted by Crippen LogP contribution is -2.46. The zero-order valence-electron chi connectivity index (χ0n) is 8.07. The lowest BCUT2D eigenvalue weighted by Gasteiger charge is -2.36. The van der Waals surface area contributed by atoms with Crippen molar-refractivity contribution in [2.45, 2.75) is 0 Å². The fourth-order valence-corrected chi connectivity index (χ4v) is 1.78. The number of aromatic nitrogens is 2. The van der Waals surface area contributed by atoms with E-state index in [4.69, 9.17) is 11.6 Å². The minimum absolute atomic E-state index is 0.431. The highest BCUT2D eigenvalue weighted by molar-refractivity contribution is 6.29. The van der Waals surface area contributed by atoms with Crippen LogP contribution < -0.4 is 5.32 Å². The Morgan fingerprint density at radius 3 is 3.00 bits per heavy atom. The molecule has 0 amide bonds. The Morgan fingerprint density at radius 1 is 1.57 bits per heavy atom. The highest BCUT2D eigenvalue weighted by Crippen LogP contribution is 2.13. The van der Waals surface area contributed by atoms with Gasteiger partial charge in [-0.2, -0.15) is 0 Å². The lowest BCUT2D eigenvalue weighted by molar-refractivity contribution is 0.144. The minimum atomic E-state index is 0.431. The second-order valence-corrected chi connectivity index (χ2v) is 4.08. The average Bonchev–Trinajstić information content (AvgIpc) is 2.11. The summed E-state index contributed by atoms with van der Waals surface area (Å²) in [5.41, 5.74) is 0. The van der Waals surface area contributed by atoms with Gasteiger partial charge in [-0.25, -0.2) is 4.98 Å². The first-order chi connectivity index (χ1) is 6.74. The molecule has 5 heteroatoms. The third-order valence-corrected chi connectivity index (χ3v) is 2.50. The van der Waals surface area contributed by atoms with Gasteiger partial charge in [0.25, 0.3) is 0 Å². The molecule has 0 spiro atoms. The van der Waals surface area contributed by atoms with E-state index in [9.17, 15) is 0 Å². The summed E-state index contributed by atoms with van der Waals surface area (Å²) in [6, 6.07) is 0. The summed E-state index contributed by atoms with van der Waals surface area (Å²) in [5, 5.41) is 3.65. The predicted molar refractivity (Wildman–Crippen MR) is 56.5 cm³/mol. The maximum atomic E-state index is 5.71. The number of hydrogen-bond donors (Lipinski definition) is 1. The molecule has 1 aromatic heterocycles. The van der Waals surface area contributed by atoms with Gasteiger partial charge in [0.2, 0.25) is 0 Å². The normalized spacial score (nSPS) is 17.9. The second kappa shape index (κ2) is 4.11. The third-order valence-electron chi connectivity index (χ3n) is 2.32. The van der Waals surface area contributed by atoms with E-state index in [1.807, 2.05) is 0 Å². The number of hydrogen-bond acceptors (Lipinski definition) is 4. The van der Waals surface area contributed by atoms with Crippen LogP contribution in [0.4, 0.5) is 5.82 Å². The maximum absolute atomic E-state index is 5.71. The Kier molecular flexibility index (Phi) is 2.84. The van der Waals surface area contributed by atoms with Crippen LogP contribution in [0.25, 0.3) is 0 Å². The van der Waals surface area contributed by atoms with Gasteiger partial charge >= 0.3 is 0 Å². The molecule has 1 fully saturated rings. The molecule has 1 aliphatic rings. The van der Waals surface area contributed by atoms with E-state index in [-0.39, 0.29) is 0 Å². The Balaban J connectivity index is 1.80. The maximum Gasteiger partial charge on any atom is 0.149 e. The van der Waals surface area contributed by atoms with Crippen LogP contribution in [0.5, 0.6) is 0 Å². The van der Waals surface area contributed by atoms with Crippen LogP contribution in [0.1, 0.15) is 0 Å². The molecular weight excluding hydrogens is 200 g/mol. The quantitative estimate of drug-likeness (QED) is 0.815. The third kappa shape index (κ3) is 2.33. The molecule has 0 saturated carbocycles. The summed E-state index contributed by atoms with van der Waals surface area (Å²) in [5.74, 6) is 1.48. The van der Waals surface area contributed by atoms with Crippen molar-refractivity contribution in [1.82, 2.24) is 14.9 Å². The van der Waals surface area contributed by atoms with Crippen molar-refractivity contribution in [3.63, 3.8) is 0 Å². The van der Waals surface area contributed by atoms with Crippen molar-refractivity contribution in [3.8, 4) is 0 Å². The Morgan fingerprint density at radius 2 is 2.36 bits per heavy atom. The van der Waals surface area contributed by atoms with Crippen molar-refractivity contribution in [3.05, 3.63) is 17.5 Å². The molecule has 0 radical (unpaired) electrons. The molecular formula is C9H13ClN4. The van der Waals surface area contributed by atoms with Crippen LogP contribution in [-0.4, -0.2) is 41.5 Å². The molecule has 0 aliphatic carbocycles. The van der Waals surface area contributed by atoms with Crippen LogP contribution >= 0.6 is 11.6 Å². The summed E-state index contributed by atoms with van der Waals surface area (Å²) in [6.07, 6.45) is 3.22. The number of rotatable bonds is 3. The number of nitrogens with zero attached hydrogens (tertiary/aromatic N) is 3. The van der Waals surface area contributed by atoms with Crippen molar-refractivity contribution in [2.75, 3.05) is 32.0 Å². The molecule has 1 aromatic rings. The summed E-state index contributed by atoms with van der Waals surface area (Å²) in [6.45, 7) is 3.25. The molecule has 14 heavy (non-hydrogen) atoms. The first-order valence-electron chi connectivity index (χ1n) is 4.64. The van der Waals surface area contributed by atoms with Crippen LogP contribution in [0.2, 0.25) is 5.15 Å². The zero-order valence-corrected chi connectivity index (χ0v) is 8.83. The highest BCUT2D eigenvalue weighted by atomic mass is 35.5. The summed E-state index contributed by atoms with van der Waals surface area (Å²) in [7, 11) is 2.12. The van der Waals surface area contributed by atoms with Crippen LogP contribution in [0.3, 0.4) is 0 Å². The second-order valence-electron chi connectivity index (χ2n) is 3.70. The number of anilines is 1. The molecule has 0 atom stereocenters. The van der Waals surface area contributed by atoms with E-state index < -0.39 is 0 Å². The SMILES string of the molecule is CN1CC(CNc2cncc(Cl)n2)C1. The number of likely N-dealkylation sites (tertiary alicyclic amines) is 1. The van der Waals surface area contributed by atoms with Gasteiger partial charge in [-0.15, -0.1) is 0 Å². The number of halogens is 1. The Labute approximate surface area is 88.3 Å². The van der Waals surface area contributed by atoms with E-state index >= 15 is 0 Å². The van der Waals surface area contributed by atoms with Gasteiger partial charge in [0.1, 0.15) is 11.0 Å². The highest BCUT2D eigenvalue weighted by Gasteiger charge is 2.22. The van der Waals surface area contributed by atoms with Gasteiger partial charge in [0.05, 0.1) is 12.4 Å². The van der Waals surface area contributed by atoms with Crippen molar-refractivity contribution < 1.29 is 0 Å². The Bertz CT molecular complexity index is 311. The van der Waals surface area contributed by atoms with Gasteiger partial charge < -0.3 is 10.2 Å². The molecule has 0 aromatic carbocycles. The van der Waals surface area contributed by atoms with Crippen LogP contribution in [0.15, 0.2) is 12.4 Å². The Hall–Kier alpha value is -0.870. The summed E-state index contributed by atoms with van der Waals surface area (Å²) < 4.78 is 0. The van der Waals surface area contributed by atoms with Gasteiger partial charge in [0, 0.05) is 25.6 Å². The van der Waals surface area contributed by atoms with Gasteiger partial charge in [-0.05, 0) is 7.05 Å². The fraction of sp³-hybridized carbons (Fsp3) is 0.556. The molecule has 1 saturated heterocycles. The monoisotopic (exact) mass is 212 g/mol. The molecule has 2 heterocycles. The molecule has 0 bridgehead atoms. The van der Waals surface area contributed by atoms with Crippen molar-refractivity contribution in [1.29, 1.82) is 0 Å². The average molecular weight is 213 g/mol. The standard InChI is InChI=1S/C9H13ClN4/c1-14-5-7(6-14)2-12-9-4-11-3-8(10)13-9/h3-4,7H,2,5-6H2,1H3,(H,12,13). The molecule has 76 valence electrons. The summed E-state index contributed by atoms with van der Waals surface area (Å²) in [4.78, 5) is 10.3. The molecule has 2 rings (SSSR count). The smallest absolute Gasteiger partial charge is 0.149 e. The number of nitrogens with one attached hydrogen (secondary N) is 1. The topological polar surface area (TPSA) is 41.0 Å². The predicted octanol–water partition coefficient (Wildman–Crippen LogP) is 1.10.